The number of halogens is 1. The first-order chi connectivity index (χ1) is 13.9. The van der Waals surface area contributed by atoms with Crippen LogP contribution in [0, 0.1) is 0 Å². The standard InChI is InChI=1S/C22H19BrN2O4/c1-14(26)24-17-5-3-7-19(11-17)28-21-9-16(23)10-22(13-21)29-20-8-4-6-18(12-20)25-15(2)27/h3-13H,1-2H3,(H,24,26)(H,25,27). The molecule has 0 aliphatic rings. The zero-order chi connectivity index (χ0) is 20.8. The Balaban J connectivity index is 1.78. The Morgan fingerprint density at radius 2 is 1.14 bits per heavy atom. The van der Waals surface area contributed by atoms with Gasteiger partial charge in [-0.1, -0.05) is 28.1 Å². The lowest BCUT2D eigenvalue weighted by atomic mass is 10.2. The summed E-state index contributed by atoms with van der Waals surface area (Å²) in [6.45, 7) is 2.90. The molecule has 0 aliphatic carbocycles. The van der Waals surface area contributed by atoms with Gasteiger partial charge in [0.25, 0.3) is 0 Å². The molecular formula is C22H19BrN2O4. The number of carbonyl (C=O) groups excluding carboxylic acids is 2. The van der Waals surface area contributed by atoms with Crippen LogP contribution in [0.4, 0.5) is 11.4 Å². The van der Waals surface area contributed by atoms with Crippen molar-refractivity contribution in [3.63, 3.8) is 0 Å². The van der Waals surface area contributed by atoms with E-state index < -0.39 is 0 Å². The van der Waals surface area contributed by atoms with Gasteiger partial charge in [-0.05, 0) is 36.4 Å². The molecule has 0 unspecified atom stereocenters. The highest BCUT2D eigenvalue weighted by Gasteiger charge is 2.07. The fraction of sp³-hybridized carbons (Fsp3) is 0.0909. The van der Waals surface area contributed by atoms with E-state index in [2.05, 4.69) is 26.6 Å². The Kier molecular flexibility index (Phi) is 6.51. The molecule has 148 valence electrons. The molecule has 0 atom stereocenters. The average Bonchev–Trinajstić information content (AvgIpc) is 2.60. The van der Waals surface area contributed by atoms with Crippen molar-refractivity contribution in [2.45, 2.75) is 13.8 Å². The van der Waals surface area contributed by atoms with Crippen molar-refractivity contribution in [2.24, 2.45) is 0 Å². The third-order valence-electron chi connectivity index (χ3n) is 3.63. The first-order valence-electron chi connectivity index (χ1n) is 8.79. The number of hydrogen-bond donors (Lipinski definition) is 2. The third-order valence-corrected chi connectivity index (χ3v) is 4.08. The predicted octanol–water partition coefficient (Wildman–Crippen LogP) is 5.95. The monoisotopic (exact) mass is 454 g/mol. The molecular weight excluding hydrogens is 436 g/mol. The summed E-state index contributed by atoms with van der Waals surface area (Å²) in [5.41, 5.74) is 1.30. The maximum atomic E-state index is 11.2. The summed E-state index contributed by atoms with van der Waals surface area (Å²) in [4.78, 5) is 22.5. The number of rotatable bonds is 6. The highest BCUT2D eigenvalue weighted by atomic mass is 79.9. The fourth-order valence-corrected chi connectivity index (χ4v) is 3.06. The van der Waals surface area contributed by atoms with Crippen LogP contribution in [-0.2, 0) is 9.59 Å². The SMILES string of the molecule is CC(=O)Nc1cccc(Oc2cc(Br)cc(Oc3cccc(NC(C)=O)c3)c2)c1. The van der Waals surface area contributed by atoms with Gasteiger partial charge in [-0.2, -0.15) is 0 Å². The molecule has 2 amide bonds. The topological polar surface area (TPSA) is 76.7 Å². The number of hydrogen-bond acceptors (Lipinski definition) is 4. The van der Waals surface area contributed by atoms with E-state index in [0.29, 0.717) is 34.4 Å². The van der Waals surface area contributed by atoms with Gasteiger partial charge in [0.15, 0.2) is 0 Å². The Hall–Kier alpha value is -3.32. The Morgan fingerprint density at radius 3 is 1.55 bits per heavy atom. The molecule has 0 spiro atoms. The average molecular weight is 455 g/mol. The van der Waals surface area contributed by atoms with E-state index in [1.165, 1.54) is 13.8 Å². The van der Waals surface area contributed by atoms with Crippen LogP contribution in [-0.4, -0.2) is 11.8 Å². The molecule has 0 saturated carbocycles. The van der Waals surface area contributed by atoms with Crippen molar-refractivity contribution in [1.29, 1.82) is 0 Å². The Bertz CT molecular complexity index is 973. The molecule has 0 heterocycles. The highest BCUT2D eigenvalue weighted by molar-refractivity contribution is 9.10. The summed E-state index contributed by atoms with van der Waals surface area (Å²) in [6.07, 6.45) is 0. The zero-order valence-electron chi connectivity index (χ0n) is 15.9. The van der Waals surface area contributed by atoms with Crippen LogP contribution in [0.15, 0.2) is 71.2 Å². The fourth-order valence-electron chi connectivity index (χ4n) is 2.61. The molecule has 0 bridgehead atoms. The van der Waals surface area contributed by atoms with Gasteiger partial charge in [0.05, 0.1) is 0 Å². The van der Waals surface area contributed by atoms with E-state index in [0.717, 1.165) is 4.47 Å². The van der Waals surface area contributed by atoms with E-state index in [9.17, 15) is 9.59 Å². The van der Waals surface area contributed by atoms with Crippen molar-refractivity contribution in [1.82, 2.24) is 0 Å². The third kappa shape index (κ3) is 6.36. The Morgan fingerprint density at radius 1 is 0.690 bits per heavy atom. The van der Waals surface area contributed by atoms with Crippen molar-refractivity contribution in [2.75, 3.05) is 10.6 Å². The lowest BCUT2D eigenvalue weighted by Crippen LogP contribution is -2.05. The summed E-state index contributed by atoms with van der Waals surface area (Å²) in [5, 5.41) is 5.44. The minimum atomic E-state index is -0.151. The summed E-state index contributed by atoms with van der Waals surface area (Å²) in [7, 11) is 0. The second-order valence-corrected chi connectivity index (χ2v) is 7.16. The molecule has 3 aromatic carbocycles. The predicted molar refractivity (Wildman–Crippen MR) is 116 cm³/mol. The molecule has 29 heavy (non-hydrogen) atoms. The largest absolute Gasteiger partial charge is 0.457 e. The van der Waals surface area contributed by atoms with Gasteiger partial charge in [-0.25, -0.2) is 0 Å². The van der Waals surface area contributed by atoms with E-state index in [4.69, 9.17) is 9.47 Å². The first-order valence-corrected chi connectivity index (χ1v) is 9.58. The van der Waals surface area contributed by atoms with Crippen LogP contribution < -0.4 is 20.1 Å². The smallest absolute Gasteiger partial charge is 0.221 e. The summed E-state index contributed by atoms with van der Waals surface area (Å²) in [5.74, 6) is 1.98. The normalized spacial score (nSPS) is 10.2. The molecule has 0 radical (unpaired) electrons. The Labute approximate surface area is 177 Å². The van der Waals surface area contributed by atoms with Crippen LogP contribution in [0.25, 0.3) is 0 Å². The minimum absolute atomic E-state index is 0.151. The van der Waals surface area contributed by atoms with Crippen LogP contribution in [0.2, 0.25) is 0 Å². The lowest BCUT2D eigenvalue weighted by Gasteiger charge is -2.12. The number of amides is 2. The van der Waals surface area contributed by atoms with Gasteiger partial charge in [0.1, 0.15) is 23.0 Å². The molecule has 2 N–H and O–H groups in total. The summed E-state index contributed by atoms with van der Waals surface area (Å²) >= 11 is 3.46. The van der Waals surface area contributed by atoms with Gasteiger partial charge >= 0.3 is 0 Å². The summed E-state index contributed by atoms with van der Waals surface area (Å²) < 4.78 is 12.6. The number of nitrogens with one attached hydrogen (secondary N) is 2. The van der Waals surface area contributed by atoms with Crippen molar-refractivity contribution >= 4 is 39.1 Å². The molecule has 6 nitrogen and oxygen atoms in total. The molecule has 3 rings (SSSR count). The van der Waals surface area contributed by atoms with Gasteiger partial charge in [-0.15, -0.1) is 0 Å². The second kappa shape index (κ2) is 9.25. The molecule has 0 aromatic heterocycles. The minimum Gasteiger partial charge on any atom is -0.457 e. The van der Waals surface area contributed by atoms with Crippen molar-refractivity contribution in [3.8, 4) is 23.0 Å². The van der Waals surface area contributed by atoms with Gasteiger partial charge in [0.2, 0.25) is 11.8 Å². The molecule has 0 aliphatic heterocycles. The molecule has 7 heteroatoms. The van der Waals surface area contributed by atoms with E-state index in [-0.39, 0.29) is 11.8 Å². The maximum Gasteiger partial charge on any atom is 0.221 e. The van der Waals surface area contributed by atoms with Crippen molar-refractivity contribution < 1.29 is 19.1 Å². The number of anilines is 2. The van der Waals surface area contributed by atoms with E-state index >= 15 is 0 Å². The number of carbonyl (C=O) groups is 2. The van der Waals surface area contributed by atoms with Gasteiger partial charge in [0, 0.05) is 47.9 Å². The van der Waals surface area contributed by atoms with Gasteiger partial charge in [-0.3, -0.25) is 9.59 Å². The molecule has 0 fully saturated rings. The zero-order valence-corrected chi connectivity index (χ0v) is 17.4. The van der Waals surface area contributed by atoms with Crippen LogP contribution >= 0.6 is 15.9 Å². The number of benzene rings is 3. The lowest BCUT2D eigenvalue weighted by molar-refractivity contribution is -0.115. The summed E-state index contributed by atoms with van der Waals surface area (Å²) in [6, 6.07) is 19.6. The first kappa shape index (κ1) is 20.4. The van der Waals surface area contributed by atoms with Crippen LogP contribution in [0.3, 0.4) is 0 Å². The molecule has 3 aromatic rings. The van der Waals surface area contributed by atoms with Gasteiger partial charge < -0.3 is 20.1 Å². The molecule has 0 saturated heterocycles. The van der Waals surface area contributed by atoms with E-state index in [1.54, 1.807) is 54.6 Å². The highest BCUT2D eigenvalue weighted by Crippen LogP contribution is 2.33. The quantitative estimate of drug-likeness (QED) is 0.482. The number of ether oxygens (including phenoxy) is 2. The second-order valence-electron chi connectivity index (χ2n) is 6.24. The van der Waals surface area contributed by atoms with Crippen LogP contribution in [0.1, 0.15) is 13.8 Å². The van der Waals surface area contributed by atoms with Crippen LogP contribution in [0.5, 0.6) is 23.0 Å². The van der Waals surface area contributed by atoms with E-state index in [1.807, 2.05) is 12.1 Å². The van der Waals surface area contributed by atoms with Crippen molar-refractivity contribution in [3.05, 3.63) is 71.2 Å². The maximum absolute atomic E-state index is 11.2.